The molecule has 2 heterocycles. The van der Waals surface area contributed by atoms with Crippen molar-refractivity contribution in [2.75, 3.05) is 20.3 Å². The van der Waals surface area contributed by atoms with Crippen molar-refractivity contribution < 1.29 is 19.4 Å². The summed E-state index contributed by atoms with van der Waals surface area (Å²) >= 11 is 0. The van der Waals surface area contributed by atoms with E-state index in [1.165, 1.54) is 22.0 Å². The molecule has 0 aliphatic carbocycles. The maximum Gasteiger partial charge on any atom is 0.408 e. The summed E-state index contributed by atoms with van der Waals surface area (Å²) in [7, 11) is 3.85. The van der Waals surface area contributed by atoms with Crippen LogP contribution in [0.1, 0.15) is 58.6 Å². The number of carbonyl (C=O) groups is 1. The highest BCUT2D eigenvalue weighted by Crippen LogP contribution is 2.34. The Labute approximate surface area is 198 Å². The summed E-state index contributed by atoms with van der Waals surface area (Å²) in [6.07, 6.45) is 5.12. The number of nitrogens with zero attached hydrogens (tertiary/aromatic N) is 2. The zero-order valence-electron chi connectivity index (χ0n) is 21.4. The fourth-order valence-corrected chi connectivity index (χ4v) is 5.09. The zero-order chi connectivity index (χ0) is 24.3. The number of aromatic nitrogens is 1. The number of hydrogen-bond donors (Lipinski definition) is 1. The van der Waals surface area contributed by atoms with Gasteiger partial charge in [0.25, 0.3) is 0 Å². The van der Waals surface area contributed by atoms with E-state index in [0.717, 1.165) is 32.3 Å². The van der Waals surface area contributed by atoms with Crippen molar-refractivity contribution in [2.45, 2.75) is 78.0 Å². The Balaban J connectivity index is 1.84. The second kappa shape index (κ2) is 10.5. The predicted octanol–water partition coefficient (Wildman–Crippen LogP) is 5.51. The van der Waals surface area contributed by atoms with Crippen molar-refractivity contribution in [3.63, 3.8) is 0 Å². The smallest absolute Gasteiger partial charge is 0.408 e. The molecular weight excluding hydrogens is 416 g/mol. The maximum atomic E-state index is 12.2. The molecule has 1 aliphatic heterocycles. The third-order valence-electron chi connectivity index (χ3n) is 6.96. The minimum absolute atomic E-state index is 0.00515. The monoisotopic (exact) mass is 458 g/mol. The topological polar surface area (TPSA) is 67.2 Å². The summed E-state index contributed by atoms with van der Waals surface area (Å²) < 4.78 is 13.1. The van der Waals surface area contributed by atoms with E-state index in [2.05, 4.69) is 49.9 Å². The first kappa shape index (κ1) is 25.6. The van der Waals surface area contributed by atoms with Gasteiger partial charge in [0, 0.05) is 43.4 Å². The van der Waals surface area contributed by atoms with Crippen LogP contribution in [0.3, 0.4) is 0 Å². The molecule has 3 rings (SSSR count). The molecule has 1 amide bonds. The first-order chi connectivity index (χ1) is 15.5. The van der Waals surface area contributed by atoms with Crippen molar-refractivity contribution in [3.05, 3.63) is 35.5 Å². The molecule has 1 N–H and O–H groups in total. The average molecular weight is 459 g/mol. The zero-order valence-corrected chi connectivity index (χ0v) is 21.4. The summed E-state index contributed by atoms with van der Waals surface area (Å²) in [5.41, 5.74) is 3.46. The van der Waals surface area contributed by atoms with Gasteiger partial charge in [-0.1, -0.05) is 19.9 Å². The highest BCUT2D eigenvalue weighted by molar-refractivity contribution is 5.84. The van der Waals surface area contributed by atoms with E-state index in [0.29, 0.717) is 18.4 Å². The van der Waals surface area contributed by atoms with Crippen molar-refractivity contribution in [2.24, 2.45) is 18.9 Å². The van der Waals surface area contributed by atoms with Gasteiger partial charge in [0.2, 0.25) is 0 Å². The number of benzene rings is 1. The van der Waals surface area contributed by atoms with Crippen LogP contribution in [0.15, 0.2) is 24.4 Å². The summed E-state index contributed by atoms with van der Waals surface area (Å²) in [6, 6.07) is 6.67. The standard InChI is InChI=1S/C27H42N2O4/c1-18(2)21(15-24(25-17-33-25)29(26(30)31)27(3,4)5)13-19-10-11-23-22(14-19)20(16-28(23)6)9-8-12-32-7/h10-11,14,16,18,21,24-25H,8-9,12-13,15,17H2,1-7H3,(H,30,31). The summed E-state index contributed by atoms with van der Waals surface area (Å²) in [6.45, 7) is 11.8. The van der Waals surface area contributed by atoms with E-state index in [-0.39, 0.29) is 12.1 Å². The number of methoxy groups -OCH3 is 1. The van der Waals surface area contributed by atoms with Crippen LogP contribution < -0.4 is 0 Å². The molecule has 0 radical (unpaired) electrons. The molecule has 3 unspecified atom stereocenters. The average Bonchev–Trinajstić information content (AvgIpc) is 3.51. The Morgan fingerprint density at radius 1 is 1.33 bits per heavy atom. The van der Waals surface area contributed by atoms with Gasteiger partial charge in [-0.2, -0.15) is 0 Å². The lowest BCUT2D eigenvalue weighted by molar-refractivity contribution is 0.0466. The van der Waals surface area contributed by atoms with Gasteiger partial charge in [0.05, 0.1) is 12.6 Å². The molecule has 0 bridgehead atoms. The van der Waals surface area contributed by atoms with Gasteiger partial charge < -0.3 is 19.1 Å². The van der Waals surface area contributed by atoms with Crippen LogP contribution in [0.4, 0.5) is 4.79 Å². The fraction of sp³-hybridized carbons (Fsp3) is 0.667. The molecule has 1 aromatic carbocycles. The van der Waals surface area contributed by atoms with E-state index in [4.69, 9.17) is 9.47 Å². The number of hydrogen-bond acceptors (Lipinski definition) is 3. The van der Waals surface area contributed by atoms with Gasteiger partial charge in [0.1, 0.15) is 6.10 Å². The first-order valence-electron chi connectivity index (χ1n) is 12.2. The van der Waals surface area contributed by atoms with Crippen molar-refractivity contribution in [3.8, 4) is 0 Å². The quantitative estimate of drug-likeness (QED) is 0.356. The van der Waals surface area contributed by atoms with Crippen molar-refractivity contribution >= 4 is 17.0 Å². The van der Waals surface area contributed by atoms with Gasteiger partial charge in [0.15, 0.2) is 0 Å². The fourth-order valence-electron chi connectivity index (χ4n) is 5.09. The molecule has 0 spiro atoms. The minimum atomic E-state index is -0.864. The number of rotatable bonds is 11. The van der Waals surface area contributed by atoms with Crippen LogP contribution in [-0.2, 0) is 29.4 Å². The SMILES string of the molecule is COCCCc1cn(C)c2ccc(CC(CC(C3CO3)N(C(=O)O)C(C)(C)C)C(C)C)cc12. The second-order valence-corrected chi connectivity index (χ2v) is 10.9. The van der Waals surface area contributed by atoms with E-state index in [1.54, 1.807) is 12.0 Å². The van der Waals surface area contributed by atoms with Crippen LogP contribution in [-0.4, -0.2) is 58.7 Å². The first-order valence-corrected chi connectivity index (χ1v) is 12.2. The number of ether oxygens (including phenoxy) is 2. The molecule has 1 saturated heterocycles. The Kier molecular flexibility index (Phi) is 8.12. The predicted molar refractivity (Wildman–Crippen MR) is 133 cm³/mol. The minimum Gasteiger partial charge on any atom is -0.465 e. The second-order valence-electron chi connectivity index (χ2n) is 10.9. The normalized spacial score (nSPS) is 18.0. The van der Waals surface area contributed by atoms with Gasteiger partial charge in [-0.3, -0.25) is 4.90 Å². The van der Waals surface area contributed by atoms with Crippen molar-refractivity contribution in [1.82, 2.24) is 9.47 Å². The molecule has 2 aromatic rings. The van der Waals surface area contributed by atoms with Gasteiger partial charge >= 0.3 is 6.09 Å². The number of epoxide rings is 1. The number of aryl methyl sites for hydroxylation is 2. The van der Waals surface area contributed by atoms with Gasteiger partial charge in [-0.15, -0.1) is 0 Å². The molecular formula is C27H42N2O4. The lowest BCUT2D eigenvalue weighted by Gasteiger charge is -2.41. The van der Waals surface area contributed by atoms with Crippen LogP contribution in [0.2, 0.25) is 0 Å². The number of amides is 1. The molecule has 3 atom stereocenters. The number of fused-ring (bicyclic) bond motifs is 1. The molecule has 1 aromatic heterocycles. The van der Waals surface area contributed by atoms with Crippen molar-refractivity contribution in [1.29, 1.82) is 0 Å². The van der Waals surface area contributed by atoms with E-state index in [9.17, 15) is 9.90 Å². The Hall–Kier alpha value is -2.05. The summed E-state index contributed by atoms with van der Waals surface area (Å²) in [4.78, 5) is 13.8. The molecule has 1 fully saturated rings. The highest BCUT2D eigenvalue weighted by atomic mass is 16.6. The Bertz CT molecular complexity index is 939. The maximum absolute atomic E-state index is 12.2. The van der Waals surface area contributed by atoms with Crippen LogP contribution in [0, 0.1) is 11.8 Å². The lowest BCUT2D eigenvalue weighted by atomic mass is 9.82. The molecule has 0 saturated carbocycles. The molecule has 1 aliphatic rings. The third-order valence-corrected chi connectivity index (χ3v) is 6.96. The highest BCUT2D eigenvalue weighted by Gasteiger charge is 2.44. The summed E-state index contributed by atoms with van der Waals surface area (Å²) in [5, 5.41) is 11.3. The Morgan fingerprint density at radius 3 is 2.58 bits per heavy atom. The van der Waals surface area contributed by atoms with E-state index >= 15 is 0 Å². The van der Waals surface area contributed by atoms with E-state index in [1.807, 2.05) is 20.8 Å². The third kappa shape index (κ3) is 6.30. The molecule has 6 nitrogen and oxygen atoms in total. The molecule has 6 heteroatoms. The van der Waals surface area contributed by atoms with E-state index < -0.39 is 11.6 Å². The largest absolute Gasteiger partial charge is 0.465 e. The number of carboxylic acid groups (broad SMARTS) is 1. The lowest BCUT2D eigenvalue weighted by Crippen LogP contribution is -2.54. The summed E-state index contributed by atoms with van der Waals surface area (Å²) in [5.74, 6) is 0.802. The Morgan fingerprint density at radius 2 is 2.03 bits per heavy atom. The van der Waals surface area contributed by atoms with Gasteiger partial charge in [-0.05, 0) is 81.5 Å². The molecule has 184 valence electrons. The van der Waals surface area contributed by atoms with Crippen LogP contribution in [0.5, 0.6) is 0 Å². The van der Waals surface area contributed by atoms with Gasteiger partial charge in [-0.25, -0.2) is 4.79 Å². The van der Waals surface area contributed by atoms with Crippen LogP contribution in [0.25, 0.3) is 10.9 Å². The molecule has 33 heavy (non-hydrogen) atoms. The van der Waals surface area contributed by atoms with Crippen LogP contribution >= 0.6 is 0 Å².